The SMILES string of the molecule is Cc1ccc(C(=O)N(C)C2CCCCC2CN)c(C)c1. The van der Waals surface area contributed by atoms with E-state index in [0.717, 1.165) is 24.0 Å². The van der Waals surface area contributed by atoms with Gasteiger partial charge in [-0.15, -0.1) is 0 Å². The molecular weight excluding hydrogens is 248 g/mol. The van der Waals surface area contributed by atoms with E-state index < -0.39 is 0 Å². The molecule has 0 bridgehead atoms. The van der Waals surface area contributed by atoms with Crippen molar-refractivity contribution in [1.82, 2.24) is 4.90 Å². The summed E-state index contributed by atoms with van der Waals surface area (Å²) in [5.74, 6) is 0.580. The first kappa shape index (κ1) is 15.0. The molecule has 3 heteroatoms. The predicted octanol–water partition coefficient (Wildman–Crippen LogP) is 2.89. The van der Waals surface area contributed by atoms with E-state index in [-0.39, 0.29) is 5.91 Å². The number of benzene rings is 1. The monoisotopic (exact) mass is 274 g/mol. The molecule has 0 heterocycles. The van der Waals surface area contributed by atoms with Crippen molar-refractivity contribution in [3.63, 3.8) is 0 Å². The Morgan fingerprint density at radius 2 is 2.00 bits per heavy atom. The van der Waals surface area contributed by atoms with Crippen LogP contribution in [0.3, 0.4) is 0 Å². The van der Waals surface area contributed by atoms with E-state index in [1.54, 1.807) is 0 Å². The average molecular weight is 274 g/mol. The van der Waals surface area contributed by atoms with Crippen molar-refractivity contribution in [3.05, 3.63) is 34.9 Å². The lowest BCUT2D eigenvalue weighted by Gasteiger charge is -2.37. The Labute approximate surface area is 122 Å². The molecule has 0 aromatic heterocycles. The second-order valence-corrected chi connectivity index (χ2v) is 6.08. The van der Waals surface area contributed by atoms with Crippen molar-refractivity contribution in [1.29, 1.82) is 0 Å². The number of carbonyl (C=O) groups is 1. The highest BCUT2D eigenvalue weighted by Crippen LogP contribution is 2.28. The van der Waals surface area contributed by atoms with E-state index >= 15 is 0 Å². The van der Waals surface area contributed by atoms with Crippen LogP contribution < -0.4 is 5.73 Å². The predicted molar refractivity (Wildman–Crippen MR) is 82.8 cm³/mol. The maximum Gasteiger partial charge on any atom is 0.254 e. The van der Waals surface area contributed by atoms with Crippen LogP contribution in [0.4, 0.5) is 0 Å². The van der Waals surface area contributed by atoms with Crippen molar-refractivity contribution in [2.24, 2.45) is 11.7 Å². The first-order valence-corrected chi connectivity index (χ1v) is 7.59. The second-order valence-electron chi connectivity index (χ2n) is 6.08. The lowest BCUT2D eigenvalue weighted by Crippen LogP contribution is -2.46. The third kappa shape index (κ3) is 3.04. The molecule has 110 valence electrons. The van der Waals surface area contributed by atoms with Crippen LogP contribution in [-0.4, -0.2) is 30.4 Å². The van der Waals surface area contributed by atoms with E-state index in [2.05, 4.69) is 13.0 Å². The van der Waals surface area contributed by atoms with Gasteiger partial charge in [-0.3, -0.25) is 4.79 Å². The molecule has 20 heavy (non-hydrogen) atoms. The zero-order valence-electron chi connectivity index (χ0n) is 12.9. The Bertz CT molecular complexity index is 484. The molecule has 1 saturated carbocycles. The normalized spacial score (nSPS) is 22.6. The highest BCUT2D eigenvalue weighted by molar-refractivity contribution is 5.95. The van der Waals surface area contributed by atoms with Gasteiger partial charge in [0.1, 0.15) is 0 Å². The lowest BCUT2D eigenvalue weighted by atomic mass is 9.83. The van der Waals surface area contributed by atoms with Crippen molar-refractivity contribution >= 4 is 5.91 Å². The van der Waals surface area contributed by atoms with Crippen molar-refractivity contribution < 1.29 is 4.79 Å². The van der Waals surface area contributed by atoms with Crippen molar-refractivity contribution in [2.75, 3.05) is 13.6 Å². The van der Waals surface area contributed by atoms with Crippen LogP contribution in [0.25, 0.3) is 0 Å². The van der Waals surface area contributed by atoms with Gasteiger partial charge in [-0.05, 0) is 50.8 Å². The summed E-state index contributed by atoms with van der Waals surface area (Å²) in [6.07, 6.45) is 4.66. The molecule has 0 radical (unpaired) electrons. The highest BCUT2D eigenvalue weighted by Gasteiger charge is 2.30. The number of nitrogens with zero attached hydrogens (tertiary/aromatic N) is 1. The van der Waals surface area contributed by atoms with Crippen LogP contribution in [0, 0.1) is 19.8 Å². The van der Waals surface area contributed by atoms with Gasteiger partial charge >= 0.3 is 0 Å². The first-order valence-electron chi connectivity index (χ1n) is 7.59. The highest BCUT2D eigenvalue weighted by atomic mass is 16.2. The average Bonchev–Trinajstić information content (AvgIpc) is 2.45. The fourth-order valence-electron chi connectivity index (χ4n) is 3.37. The number of carbonyl (C=O) groups excluding carboxylic acids is 1. The molecule has 2 atom stereocenters. The van der Waals surface area contributed by atoms with E-state index in [1.807, 2.05) is 31.0 Å². The maximum atomic E-state index is 12.7. The summed E-state index contributed by atoms with van der Waals surface area (Å²) in [6.45, 7) is 4.74. The Kier molecular flexibility index (Phi) is 4.81. The summed E-state index contributed by atoms with van der Waals surface area (Å²) in [5, 5.41) is 0. The molecule has 3 nitrogen and oxygen atoms in total. The summed E-state index contributed by atoms with van der Waals surface area (Å²) in [7, 11) is 1.93. The van der Waals surface area contributed by atoms with Gasteiger partial charge in [0.2, 0.25) is 0 Å². The molecule has 0 aliphatic heterocycles. The fraction of sp³-hybridized carbons (Fsp3) is 0.588. The second kappa shape index (κ2) is 6.40. The van der Waals surface area contributed by atoms with Crippen molar-refractivity contribution in [2.45, 2.75) is 45.6 Å². The summed E-state index contributed by atoms with van der Waals surface area (Å²) < 4.78 is 0. The minimum atomic E-state index is 0.132. The van der Waals surface area contributed by atoms with Gasteiger partial charge < -0.3 is 10.6 Å². The van der Waals surface area contributed by atoms with Crippen LogP contribution in [0.5, 0.6) is 0 Å². The molecule has 1 aromatic rings. The van der Waals surface area contributed by atoms with Crippen LogP contribution in [0.15, 0.2) is 18.2 Å². The Hall–Kier alpha value is -1.35. The number of aryl methyl sites for hydroxylation is 2. The number of rotatable bonds is 3. The van der Waals surface area contributed by atoms with E-state index in [9.17, 15) is 4.79 Å². The van der Waals surface area contributed by atoms with Crippen LogP contribution >= 0.6 is 0 Å². The number of amides is 1. The molecule has 1 amide bonds. The van der Waals surface area contributed by atoms with Gasteiger partial charge in [-0.25, -0.2) is 0 Å². The molecule has 1 aliphatic carbocycles. The minimum absolute atomic E-state index is 0.132. The molecule has 2 N–H and O–H groups in total. The van der Waals surface area contributed by atoms with E-state index in [4.69, 9.17) is 5.73 Å². The van der Waals surface area contributed by atoms with Gasteiger partial charge in [-0.2, -0.15) is 0 Å². The third-order valence-electron chi connectivity index (χ3n) is 4.60. The van der Waals surface area contributed by atoms with Gasteiger partial charge in [0.05, 0.1) is 0 Å². The van der Waals surface area contributed by atoms with Gasteiger partial charge in [0.25, 0.3) is 5.91 Å². The third-order valence-corrected chi connectivity index (χ3v) is 4.60. The first-order chi connectivity index (χ1) is 9.54. The fourth-order valence-corrected chi connectivity index (χ4v) is 3.37. The molecule has 0 spiro atoms. The number of hydrogen-bond acceptors (Lipinski definition) is 2. The molecule has 2 rings (SSSR count). The Morgan fingerprint density at radius 3 is 2.65 bits per heavy atom. The smallest absolute Gasteiger partial charge is 0.254 e. The largest absolute Gasteiger partial charge is 0.338 e. The molecule has 1 aromatic carbocycles. The summed E-state index contributed by atoms with van der Waals surface area (Å²) in [4.78, 5) is 14.6. The quantitative estimate of drug-likeness (QED) is 0.921. The lowest BCUT2D eigenvalue weighted by molar-refractivity contribution is 0.0619. The topological polar surface area (TPSA) is 46.3 Å². The van der Waals surface area contributed by atoms with Gasteiger partial charge in [-0.1, -0.05) is 30.5 Å². The molecule has 1 fully saturated rings. The van der Waals surface area contributed by atoms with E-state index in [1.165, 1.54) is 18.4 Å². The Morgan fingerprint density at radius 1 is 1.30 bits per heavy atom. The molecule has 0 saturated heterocycles. The zero-order valence-corrected chi connectivity index (χ0v) is 12.9. The van der Waals surface area contributed by atoms with Crippen LogP contribution in [-0.2, 0) is 0 Å². The summed E-state index contributed by atoms with van der Waals surface area (Å²) >= 11 is 0. The van der Waals surface area contributed by atoms with Crippen LogP contribution in [0.2, 0.25) is 0 Å². The molecule has 1 aliphatic rings. The zero-order chi connectivity index (χ0) is 14.7. The molecular formula is C17H26N2O. The minimum Gasteiger partial charge on any atom is -0.338 e. The summed E-state index contributed by atoms with van der Waals surface area (Å²) in [6, 6.07) is 6.32. The standard InChI is InChI=1S/C17H26N2O/c1-12-8-9-15(13(2)10-12)17(20)19(3)16-7-5-4-6-14(16)11-18/h8-10,14,16H,4-7,11,18H2,1-3H3. The van der Waals surface area contributed by atoms with Gasteiger partial charge in [0, 0.05) is 18.7 Å². The summed E-state index contributed by atoms with van der Waals surface area (Å²) in [5.41, 5.74) is 8.95. The van der Waals surface area contributed by atoms with Crippen molar-refractivity contribution in [3.8, 4) is 0 Å². The van der Waals surface area contributed by atoms with E-state index in [0.29, 0.717) is 18.5 Å². The number of hydrogen-bond donors (Lipinski definition) is 1. The Balaban J connectivity index is 2.18. The maximum absolute atomic E-state index is 12.7. The number of nitrogens with two attached hydrogens (primary N) is 1. The molecule has 2 unspecified atom stereocenters. The van der Waals surface area contributed by atoms with Crippen LogP contribution in [0.1, 0.15) is 47.2 Å². The van der Waals surface area contributed by atoms with Gasteiger partial charge in [0.15, 0.2) is 0 Å².